The molecule has 0 radical (unpaired) electrons. The largest absolute Gasteiger partial charge is 0.323 e. The minimum absolute atomic E-state index is 0. The van der Waals surface area contributed by atoms with E-state index in [1.54, 1.807) is 24.3 Å². The zero-order chi connectivity index (χ0) is 12.1. The van der Waals surface area contributed by atoms with Crippen molar-refractivity contribution in [2.45, 2.75) is 6.42 Å². The third kappa shape index (κ3) is 4.37. The molecule has 2 amide bonds. The molecular formula is C12H17Cl2N3O. The van der Waals surface area contributed by atoms with E-state index in [1.165, 1.54) is 0 Å². The molecule has 0 aliphatic carbocycles. The molecule has 2 N–H and O–H groups in total. The molecule has 1 saturated heterocycles. The first-order chi connectivity index (χ1) is 8.25. The van der Waals surface area contributed by atoms with Crippen LogP contribution in [0.15, 0.2) is 24.3 Å². The second kappa shape index (κ2) is 7.46. The molecule has 0 spiro atoms. The number of benzene rings is 1. The van der Waals surface area contributed by atoms with E-state index in [0.29, 0.717) is 5.02 Å². The summed E-state index contributed by atoms with van der Waals surface area (Å²) in [6.45, 7) is 3.38. The summed E-state index contributed by atoms with van der Waals surface area (Å²) in [5, 5.41) is 6.80. The molecule has 2 rings (SSSR count). The van der Waals surface area contributed by atoms with E-state index in [0.717, 1.165) is 38.3 Å². The van der Waals surface area contributed by atoms with Crippen LogP contribution in [0.1, 0.15) is 6.42 Å². The fourth-order valence-corrected chi connectivity index (χ4v) is 1.91. The van der Waals surface area contributed by atoms with Crippen LogP contribution in [0, 0.1) is 0 Å². The van der Waals surface area contributed by atoms with E-state index in [2.05, 4.69) is 10.6 Å². The molecule has 100 valence electrons. The van der Waals surface area contributed by atoms with Gasteiger partial charge in [-0.15, -0.1) is 12.4 Å². The van der Waals surface area contributed by atoms with Crippen molar-refractivity contribution in [2.75, 3.05) is 31.5 Å². The van der Waals surface area contributed by atoms with Crippen LogP contribution in [0.2, 0.25) is 5.02 Å². The first-order valence-electron chi connectivity index (χ1n) is 5.78. The van der Waals surface area contributed by atoms with E-state index in [4.69, 9.17) is 11.6 Å². The summed E-state index contributed by atoms with van der Waals surface area (Å²) in [5.74, 6) is 0. The maximum atomic E-state index is 12.0. The van der Waals surface area contributed by atoms with E-state index in [9.17, 15) is 4.79 Å². The molecule has 1 aromatic carbocycles. The standard InChI is InChI=1S/C12H16ClN3O.ClH/c13-10-2-4-11(5-3-10)15-12(17)16-8-1-6-14-7-9-16;/h2-5,14H,1,6-9H2,(H,15,17);1H. The summed E-state index contributed by atoms with van der Waals surface area (Å²) >= 11 is 5.79. The number of hydrogen-bond acceptors (Lipinski definition) is 2. The van der Waals surface area contributed by atoms with Crippen molar-refractivity contribution >= 4 is 35.7 Å². The minimum atomic E-state index is -0.0453. The van der Waals surface area contributed by atoms with E-state index in [-0.39, 0.29) is 18.4 Å². The van der Waals surface area contributed by atoms with Crippen LogP contribution in [-0.4, -0.2) is 37.1 Å². The molecule has 1 heterocycles. The van der Waals surface area contributed by atoms with Gasteiger partial charge in [0.05, 0.1) is 0 Å². The first-order valence-corrected chi connectivity index (χ1v) is 6.16. The van der Waals surface area contributed by atoms with Gasteiger partial charge in [-0.25, -0.2) is 4.79 Å². The predicted molar refractivity (Wildman–Crippen MR) is 76.8 cm³/mol. The van der Waals surface area contributed by atoms with Gasteiger partial charge in [0.15, 0.2) is 0 Å². The van der Waals surface area contributed by atoms with Crippen LogP contribution in [0.3, 0.4) is 0 Å². The molecule has 0 atom stereocenters. The number of rotatable bonds is 1. The van der Waals surface area contributed by atoms with Crippen molar-refractivity contribution in [3.63, 3.8) is 0 Å². The highest BCUT2D eigenvalue weighted by Crippen LogP contribution is 2.14. The van der Waals surface area contributed by atoms with Gasteiger partial charge >= 0.3 is 6.03 Å². The Hall–Kier alpha value is -0.970. The number of nitrogens with one attached hydrogen (secondary N) is 2. The van der Waals surface area contributed by atoms with Gasteiger partial charge in [0, 0.05) is 30.3 Å². The maximum absolute atomic E-state index is 12.0. The van der Waals surface area contributed by atoms with Crippen molar-refractivity contribution in [2.24, 2.45) is 0 Å². The van der Waals surface area contributed by atoms with Crippen LogP contribution in [0.25, 0.3) is 0 Å². The van der Waals surface area contributed by atoms with Crippen molar-refractivity contribution in [3.8, 4) is 0 Å². The molecule has 1 fully saturated rings. The van der Waals surface area contributed by atoms with Crippen molar-refractivity contribution < 1.29 is 4.79 Å². The Labute approximate surface area is 118 Å². The van der Waals surface area contributed by atoms with Crippen molar-refractivity contribution in [1.29, 1.82) is 0 Å². The van der Waals surface area contributed by atoms with Gasteiger partial charge in [0.25, 0.3) is 0 Å². The van der Waals surface area contributed by atoms with Gasteiger partial charge in [-0.3, -0.25) is 0 Å². The maximum Gasteiger partial charge on any atom is 0.321 e. The number of hydrogen-bond donors (Lipinski definition) is 2. The minimum Gasteiger partial charge on any atom is -0.323 e. The third-order valence-corrected chi connectivity index (χ3v) is 2.97. The number of carbonyl (C=O) groups excluding carboxylic acids is 1. The Morgan fingerprint density at radius 1 is 1.22 bits per heavy atom. The summed E-state index contributed by atoms with van der Waals surface area (Å²) in [5.41, 5.74) is 0.775. The summed E-state index contributed by atoms with van der Waals surface area (Å²) < 4.78 is 0. The first kappa shape index (κ1) is 15.1. The smallest absolute Gasteiger partial charge is 0.321 e. The summed E-state index contributed by atoms with van der Waals surface area (Å²) in [6, 6.07) is 7.09. The molecule has 0 bridgehead atoms. The summed E-state index contributed by atoms with van der Waals surface area (Å²) in [4.78, 5) is 13.8. The lowest BCUT2D eigenvalue weighted by Crippen LogP contribution is -2.37. The molecule has 6 heteroatoms. The molecular weight excluding hydrogens is 273 g/mol. The van der Waals surface area contributed by atoms with Gasteiger partial charge < -0.3 is 15.5 Å². The monoisotopic (exact) mass is 289 g/mol. The zero-order valence-electron chi connectivity index (χ0n) is 9.99. The highest BCUT2D eigenvalue weighted by molar-refractivity contribution is 6.30. The van der Waals surface area contributed by atoms with E-state index < -0.39 is 0 Å². The molecule has 0 unspecified atom stereocenters. The molecule has 4 nitrogen and oxygen atoms in total. The number of nitrogens with zero attached hydrogens (tertiary/aromatic N) is 1. The fourth-order valence-electron chi connectivity index (χ4n) is 1.78. The Bertz CT molecular complexity index is 375. The Morgan fingerprint density at radius 2 is 1.94 bits per heavy atom. The number of halogens is 2. The van der Waals surface area contributed by atoms with Crippen LogP contribution in [0.4, 0.5) is 10.5 Å². The lowest BCUT2D eigenvalue weighted by atomic mass is 10.3. The SMILES string of the molecule is Cl.O=C(Nc1ccc(Cl)cc1)N1CCCNCC1. The van der Waals surface area contributed by atoms with Gasteiger partial charge in [-0.1, -0.05) is 11.6 Å². The number of carbonyl (C=O) groups is 1. The molecule has 1 aromatic rings. The van der Waals surface area contributed by atoms with Crippen LogP contribution in [-0.2, 0) is 0 Å². The normalized spacial score (nSPS) is 15.5. The van der Waals surface area contributed by atoms with Crippen LogP contribution >= 0.6 is 24.0 Å². The summed E-state index contributed by atoms with van der Waals surface area (Å²) in [7, 11) is 0. The Morgan fingerprint density at radius 3 is 2.67 bits per heavy atom. The van der Waals surface area contributed by atoms with Gasteiger partial charge in [-0.2, -0.15) is 0 Å². The Kier molecular flexibility index (Phi) is 6.25. The zero-order valence-corrected chi connectivity index (χ0v) is 11.6. The number of anilines is 1. The lowest BCUT2D eigenvalue weighted by molar-refractivity contribution is 0.215. The van der Waals surface area contributed by atoms with E-state index in [1.807, 2.05) is 4.90 Å². The van der Waals surface area contributed by atoms with Gasteiger partial charge in [0.2, 0.25) is 0 Å². The van der Waals surface area contributed by atoms with Gasteiger partial charge in [0.1, 0.15) is 0 Å². The number of amides is 2. The van der Waals surface area contributed by atoms with Crippen LogP contribution < -0.4 is 10.6 Å². The molecule has 1 aliphatic heterocycles. The van der Waals surface area contributed by atoms with Crippen LogP contribution in [0.5, 0.6) is 0 Å². The molecule has 0 saturated carbocycles. The molecule has 18 heavy (non-hydrogen) atoms. The highest BCUT2D eigenvalue weighted by Gasteiger charge is 2.14. The topological polar surface area (TPSA) is 44.4 Å². The highest BCUT2D eigenvalue weighted by atomic mass is 35.5. The average Bonchev–Trinajstić information content (AvgIpc) is 2.61. The second-order valence-corrected chi connectivity index (χ2v) is 4.46. The fraction of sp³-hybridized carbons (Fsp3) is 0.417. The predicted octanol–water partition coefficient (Wildman–Crippen LogP) is 2.59. The lowest BCUT2D eigenvalue weighted by Gasteiger charge is -2.20. The Balaban J connectivity index is 0.00000162. The van der Waals surface area contributed by atoms with Gasteiger partial charge in [-0.05, 0) is 37.2 Å². The van der Waals surface area contributed by atoms with E-state index >= 15 is 0 Å². The molecule has 1 aliphatic rings. The average molecular weight is 290 g/mol. The third-order valence-electron chi connectivity index (χ3n) is 2.72. The van der Waals surface area contributed by atoms with Crippen molar-refractivity contribution in [3.05, 3.63) is 29.3 Å². The summed E-state index contributed by atoms with van der Waals surface area (Å²) in [6.07, 6.45) is 0.994. The quantitative estimate of drug-likeness (QED) is 0.835. The second-order valence-electron chi connectivity index (χ2n) is 4.03. The molecule has 0 aromatic heterocycles. The van der Waals surface area contributed by atoms with Crippen molar-refractivity contribution in [1.82, 2.24) is 10.2 Å². The number of urea groups is 1.